The number of aryl methyl sites for hydroxylation is 1. The lowest BCUT2D eigenvalue weighted by atomic mass is 10.2. The molecule has 4 rings (SSSR count). The molecular weight excluding hydrogens is 438 g/mol. The Bertz CT molecular complexity index is 1240. The Morgan fingerprint density at radius 1 is 1.00 bits per heavy atom. The van der Waals surface area contributed by atoms with Gasteiger partial charge in [-0.3, -0.25) is 14.3 Å². The van der Waals surface area contributed by atoms with E-state index in [2.05, 4.69) is 20.5 Å². The van der Waals surface area contributed by atoms with Crippen molar-refractivity contribution in [2.75, 3.05) is 25.3 Å². The van der Waals surface area contributed by atoms with Crippen LogP contribution in [-0.2, 0) is 4.79 Å². The monoisotopic (exact) mass is 461 g/mol. The molecule has 9 heteroatoms. The summed E-state index contributed by atoms with van der Waals surface area (Å²) < 4.78 is 12.5. The summed E-state index contributed by atoms with van der Waals surface area (Å²) in [6.45, 7) is 1.96. The quantitative estimate of drug-likeness (QED) is 0.389. The smallest absolute Gasteiger partial charge is 0.234 e. The molecule has 0 radical (unpaired) electrons. The zero-order valence-electron chi connectivity index (χ0n) is 18.5. The van der Waals surface area contributed by atoms with Crippen LogP contribution in [0.25, 0.3) is 17.1 Å². The number of pyridine rings is 1. The first kappa shape index (κ1) is 22.3. The van der Waals surface area contributed by atoms with E-state index in [4.69, 9.17) is 9.47 Å². The Kier molecular flexibility index (Phi) is 6.89. The maximum absolute atomic E-state index is 12.7. The predicted molar refractivity (Wildman–Crippen MR) is 128 cm³/mol. The van der Waals surface area contributed by atoms with Crippen molar-refractivity contribution in [1.82, 2.24) is 19.7 Å². The number of benzene rings is 2. The molecule has 4 aromatic rings. The van der Waals surface area contributed by atoms with Gasteiger partial charge in [-0.05, 0) is 61.0 Å². The van der Waals surface area contributed by atoms with Crippen molar-refractivity contribution < 1.29 is 14.3 Å². The van der Waals surface area contributed by atoms with Gasteiger partial charge in [0, 0.05) is 23.6 Å². The molecule has 0 aliphatic rings. The molecule has 0 unspecified atom stereocenters. The van der Waals surface area contributed by atoms with E-state index in [0.717, 1.165) is 22.6 Å². The van der Waals surface area contributed by atoms with Gasteiger partial charge in [0.2, 0.25) is 5.91 Å². The van der Waals surface area contributed by atoms with Crippen LogP contribution in [0, 0.1) is 6.92 Å². The molecule has 0 spiro atoms. The molecule has 0 saturated carbocycles. The highest BCUT2D eigenvalue weighted by molar-refractivity contribution is 7.99. The number of ether oxygens (including phenoxy) is 2. The summed E-state index contributed by atoms with van der Waals surface area (Å²) in [6, 6.07) is 17.0. The third-order valence-electron chi connectivity index (χ3n) is 4.86. The lowest BCUT2D eigenvalue weighted by Crippen LogP contribution is -2.15. The van der Waals surface area contributed by atoms with Gasteiger partial charge in [0.05, 0.1) is 25.7 Å². The van der Waals surface area contributed by atoms with Crippen LogP contribution in [0.1, 0.15) is 5.56 Å². The van der Waals surface area contributed by atoms with Crippen molar-refractivity contribution in [2.24, 2.45) is 0 Å². The molecule has 0 atom stereocenters. The summed E-state index contributed by atoms with van der Waals surface area (Å²) in [5.74, 6) is 2.00. The zero-order chi connectivity index (χ0) is 23.2. The molecule has 1 N–H and O–H groups in total. The molecule has 2 aromatic heterocycles. The number of nitrogens with one attached hydrogen (secondary N) is 1. The average molecular weight is 462 g/mol. The molecule has 168 valence electrons. The lowest BCUT2D eigenvalue weighted by Gasteiger charge is -2.12. The van der Waals surface area contributed by atoms with E-state index >= 15 is 0 Å². The number of rotatable bonds is 8. The minimum atomic E-state index is -0.168. The van der Waals surface area contributed by atoms with Crippen LogP contribution < -0.4 is 14.8 Å². The van der Waals surface area contributed by atoms with Crippen molar-refractivity contribution >= 4 is 23.4 Å². The van der Waals surface area contributed by atoms with Crippen LogP contribution in [0.5, 0.6) is 11.5 Å². The van der Waals surface area contributed by atoms with E-state index in [0.29, 0.717) is 22.4 Å². The molecule has 0 saturated heterocycles. The molecule has 8 nitrogen and oxygen atoms in total. The number of methoxy groups -OCH3 is 2. The first-order valence-corrected chi connectivity index (χ1v) is 11.1. The van der Waals surface area contributed by atoms with Gasteiger partial charge < -0.3 is 14.8 Å². The average Bonchev–Trinajstić information content (AvgIpc) is 3.27. The van der Waals surface area contributed by atoms with Gasteiger partial charge in [-0.1, -0.05) is 17.8 Å². The number of hydrogen-bond acceptors (Lipinski definition) is 7. The van der Waals surface area contributed by atoms with Crippen molar-refractivity contribution in [3.05, 3.63) is 72.6 Å². The third kappa shape index (κ3) is 5.15. The molecule has 0 aliphatic heterocycles. The number of thioether (sulfide) groups is 1. The van der Waals surface area contributed by atoms with Crippen LogP contribution in [0.4, 0.5) is 5.69 Å². The molecule has 2 heterocycles. The predicted octanol–water partition coefficient (Wildman–Crippen LogP) is 4.39. The van der Waals surface area contributed by atoms with Crippen LogP contribution in [-0.4, -0.2) is 45.6 Å². The second-order valence-corrected chi connectivity index (χ2v) is 8.06. The first-order valence-electron chi connectivity index (χ1n) is 10.2. The van der Waals surface area contributed by atoms with E-state index in [-0.39, 0.29) is 11.7 Å². The standard InChI is InChI=1S/C24H23N5O3S/c1-16-4-9-21(32-3)20(14-16)26-22(30)15-33-24-28-27-23(17-10-12-25-13-11-17)29(24)18-5-7-19(31-2)8-6-18/h4-14H,15H2,1-3H3,(H,26,30). The maximum atomic E-state index is 12.7. The number of aromatic nitrogens is 4. The Balaban J connectivity index is 1.59. The number of amides is 1. The van der Waals surface area contributed by atoms with Gasteiger partial charge in [-0.2, -0.15) is 0 Å². The minimum Gasteiger partial charge on any atom is -0.497 e. The summed E-state index contributed by atoms with van der Waals surface area (Å²) in [5.41, 5.74) is 3.39. The zero-order valence-corrected chi connectivity index (χ0v) is 19.3. The largest absolute Gasteiger partial charge is 0.497 e. The van der Waals surface area contributed by atoms with Crippen LogP contribution in [0.3, 0.4) is 0 Å². The molecule has 0 aliphatic carbocycles. The van der Waals surface area contributed by atoms with E-state index in [9.17, 15) is 4.79 Å². The highest BCUT2D eigenvalue weighted by Gasteiger charge is 2.18. The van der Waals surface area contributed by atoms with E-state index in [1.807, 2.05) is 66.1 Å². The van der Waals surface area contributed by atoms with Gasteiger partial charge in [0.15, 0.2) is 11.0 Å². The molecule has 1 amide bonds. The van der Waals surface area contributed by atoms with E-state index in [1.54, 1.807) is 26.6 Å². The molecular formula is C24H23N5O3S. The third-order valence-corrected chi connectivity index (χ3v) is 5.79. The Morgan fingerprint density at radius 3 is 2.45 bits per heavy atom. The number of hydrogen-bond donors (Lipinski definition) is 1. The van der Waals surface area contributed by atoms with E-state index in [1.165, 1.54) is 11.8 Å². The number of nitrogens with zero attached hydrogens (tertiary/aromatic N) is 4. The summed E-state index contributed by atoms with van der Waals surface area (Å²) in [6.07, 6.45) is 3.41. The summed E-state index contributed by atoms with van der Waals surface area (Å²) in [5, 5.41) is 12.3. The Hall–Kier alpha value is -3.85. The normalized spacial score (nSPS) is 10.6. The minimum absolute atomic E-state index is 0.154. The summed E-state index contributed by atoms with van der Waals surface area (Å²) >= 11 is 1.30. The molecule has 33 heavy (non-hydrogen) atoms. The fourth-order valence-corrected chi connectivity index (χ4v) is 4.00. The number of carbonyl (C=O) groups is 1. The van der Waals surface area contributed by atoms with Gasteiger partial charge in [-0.25, -0.2) is 0 Å². The van der Waals surface area contributed by atoms with Crippen molar-refractivity contribution in [2.45, 2.75) is 12.1 Å². The topological polar surface area (TPSA) is 91.2 Å². The Labute approximate surface area is 196 Å². The van der Waals surface area contributed by atoms with Gasteiger partial charge >= 0.3 is 0 Å². The van der Waals surface area contributed by atoms with Crippen molar-refractivity contribution in [3.8, 4) is 28.6 Å². The summed E-state index contributed by atoms with van der Waals surface area (Å²) in [4.78, 5) is 16.8. The molecule has 0 fully saturated rings. The number of carbonyl (C=O) groups excluding carboxylic acids is 1. The second-order valence-electron chi connectivity index (χ2n) is 7.12. The fourth-order valence-electron chi connectivity index (χ4n) is 3.25. The van der Waals surface area contributed by atoms with Crippen LogP contribution in [0.2, 0.25) is 0 Å². The van der Waals surface area contributed by atoms with E-state index < -0.39 is 0 Å². The van der Waals surface area contributed by atoms with Crippen molar-refractivity contribution in [1.29, 1.82) is 0 Å². The highest BCUT2D eigenvalue weighted by Crippen LogP contribution is 2.29. The number of anilines is 1. The Morgan fingerprint density at radius 2 is 1.76 bits per heavy atom. The lowest BCUT2D eigenvalue weighted by molar-refractivity contribution is -0.113. The van der Waals surface area contributed by atoms with Crippen LogP contribution >= 0.6 is 11.8 Å². The molecule has 2 aromatic carbocycles. The molecule has 0 bridgehead atoms. The SMILES string of the molecule is COc1ccc(-n2c(SCC(=O)Nc3cc(C)ccc3OC)nnc2-c2ccncc2)cc1. The van der Waals surface area contributed by atoms with Gasteiger partial charge in [0.25, 0.3) is 0 Å². The second kappa shape index (κ2) is 10.2. The van der Waals surface area contributed by atoms with Crippen LogP contribution in [0.15, 0.2) is 72.1 Å². The summed E-state index contributed by atoms with van der Waals surface area (Å²) in [7, 11) is 3.20. The maximum Gasteiger partial charge on any atom is 0.234 e. The van der Waals surface area contributed by atoms with Gasteiger partial charge in [0.1, 0.15) is 11.5 Å². The van der Waals surface area contributed by atoms with Crippen molar-refractivity contribution in [3.63, 3.8) is 0 Å². The first-order chi connectivity index (χ1) is 16.1. The fraction of sp³-hybridized carbons (Fsp3) is 0.167. The van der Waals surface area contributed by atoms with Gasteiger partial charge in [-0.15, -0.1) is 10.2 Å². The highest BCUT2D eigenvalue weighted by atomic mass is 32.2.